The fourth-order valence-electron chi connectivity index (χ4n) is 2.27. The summed E-state index contributed by atoms with van der Waals surface area (Å²) in [4.78, 5) is 11.8. The maximum absolute atomic E-state index is 11.8. The highest BCUT2D eigenvalue weighted by molar-refractivity contribution is 5.77. The number of amides is 1. The molecule has 5 heteroatoms. The Labute approximate surface area is 148 Å². The second kappa shape index (κ2) is 10.2. The van der Waals surface area contributed by atoms with Crippen LogP contribution >= 0.6 is 0 Å². The molecule has 0 unspecified atom stereocenters. The lowest BCUT2D eigenvalue weighted by Gasteiger charge is -2.09. The van der Waals surface area contributed by atoms with Crippen molar-refractivity contribution in [2.75, 3.05) is 26.9 Å². The van der Waals surface area contributed by atoms with E-state index in [2.05, 4.69) is 24.4 Å². The van der Waals surface area contributed by atoms with Gasteiger partial charge in [-0.15, -0.1) is 0 Å². The maximum atomic E-state index is 11.8. The molecule has 0 aliphatic carbocycles. The molecule has 2 aromatic rings. The number of ether oxygens (including phenoxy) is 3. The first-order chi connectivity index (χ1) is 12.2. The summed E-state index contributed by atoms with van der Waals surface area (Å²) in [6.45, 7) is 2.98. The highest BCUT2D eigenvalue weighted by Crippen LogP contribution is 2.16. The van der Waals surface area contributed by atoms with Crippen LogP contribution in [0.1, 0.15) is 18.9 Å². The molecule has 0 saturated carbocycles. The van der Waals surface area contributed by atoms with Crippen molar-refractivity contribution in [1.29, 1.82) is 0 Å². The quantitative estimate of drug-likeness (QED) is 0.673. The highest BCUT2D eigenvalue weighted by atomic mass is 16.5. The Hall–Kier alpha value is -2.69. The van der Waals surface area contributed by atoms with E-state index in [0.717, 1.165) is 24.3 Å². The molecule has 0 saturated heterocycles. The molecule has 25 heavy (non-hydrogen) atoms. The second-order valence-corrected chi connectivity index (χ2v) is 5.56. The van der Waals surface area contributed by atoms with Crippen LogP contribution in [0.25, 0.3) is 0 Å². The van der Waals surface area contributed by atoms with Crippen LogP contribution in [0.3, 0.4) is 0 Å². The maximum Gasteiger partial charge on any atom is 0.258 e. The highest BCUT2D eigenvalue weighted by Gasteiger charge is 2.03. The van der Waals surface area contributed by atoms with Crippen LogP contribution in [0.4, 0.5) is 0 Å². The van der Waals surface area contributed by atoms with Gasteiger partial charge in [0, 0.05) is 0 Å². The lowest BCUT2D eigenvalue weighted by molar-refractivity contribution is -0.123. The summed E-state index contributed by atoms with van der Waals surface area (Å²) in [5, 5.41) is 2.76. The molecule has 2 rings (SSSR count). The molecule has 0 aliphatic rings. The average Bonchev–Trinajstić information content (AvgIpc) is 2.65. The number of methoxy groups -OCH3 is 1. The summed E-state index contributed by atoms with van der Waals surface area (Å²) < 4.78 is 16.1. The van der Waals surface area contributed by atoms with Gasteiger partial charge in [0.25, 0.3) is 5.91 Å². The Morgan fingerprint density at radius 2 is 1.52 bits per heavy atom. The molecular weight excluding hydrogens is 318 g/mol. The second-order valence-electron chi connectivity index (χ2n) is 5.56. The van der Waals surface area contributed by atoms with Crippen molar-refractivity contribution >= 4 is 5.91 Å². The summed E-state index contributed by atoms with van der Waals surface area (Å²) in [7, 11) is 1.60. The molecule has 0 aliphatic heterocycles. The van der Waals surface area contributed by atoms with Gasteiger partial charge in [0.05, 0.1) is 13.7 Å². The van der Waals surface area contributed by atoms with Crippen molar-refractivity contribution in [3.05, 3.63) is 54.1 Å². The zero-order chi connectivity index (χ0) is 17.9. The molecular formula is C20H25NO4. The van der Waals surface area contributed by atoms with Crippen LogP contribution in [0.2, 0.25) is 0 Å². The Bertz CT molecular complexity index is 638. The number of carbonyl (C=O) groups is 1. The van der Waals surface area contributed by atoms with Gasteiger partial charge >= 0.3 is 0 Å². The minimum absolute atomic E-state index is 0.0297. The van der Waals surface area contributed by atoms with E-state index in [1.165, 1.54) is 5.56 Å². The van der Waals surface area contributed by atoms with Crippen LogP contribution < -0.4 is 19.5 Å². The number of aryl methyl sites for hydroxylation is 1. The van der Waals surface area contributed by atoms with Gasteiger partial charge in [-0.05, 0) is 48.4 Å². The topological polar surface area (TPSA) is 56.8 Å². The zero-order valence-electron chi connectivity index (χ0n) is 14.8. The summed E-state index contributed by atoms with van der Waals surface area (Å²) in [5.41, 5.74) is 1.30. The largest absolute Gasteiger partial charge is 0.497 e. The number of hydrogen-bond acceptors (Lipinski definition) is 4. The summed E-state index contributed by atoms with van der Waals surface area (Å²) >= 11 is 0. The van der Waals surface area contributed by atoms with Gasteiger partial charge in [-0.1, -0.05) is 25.5 Å². The molecule has 0 fully saturated rings. The van der Waals surface area contributed by atoms with E-state index < -0.39 is 0 Å². The lowest BCUT2D eigenvalue weighted by atomic mass is 10.1. The third kappa shape index (κ3) is 6.75. The summed E-state index contributed by atoms with van der Waals surface area (Å²) in [6.07, 6.45) is 2.20. The number of rotatable bonds is 10. The van der Waals surface area contributed by atoms with Gasteiger partial charge in [0.2, 0.25) is 0 Å². The van der Waals surface area contributed by atoms with Crippen molar-refractivity contribution in [2.45, 2.75) is 19.8 Å². The monoisotopic (exact) mass is 343 g/mol. The molecule has 0 aromatic heterocycles. The first-order valence-corrected chi connectivity index (χ1v) is 8.46. The third-order valence-electron chi connectivity index (χ3n) is 3.58. The average molecular weight is 343 g/mol. The molecule has 1 N–H and O–H groups in total. The minimum atomic E-state index is -0.183. The van der Waals surface area contributed by atoms with Gasteiger partial charge in [0.1, 0.15) is 23.9 Å². The van der Waals surface area contributed by atoms with Gasteiger partial charge in [-0.3, -0.25) is 4.79 Å². The van der Waals surface area contributed by atoms with E-state index in [-0.39, 0.29) is 12.5 Å². The Morgan fingerprint density at radius 1 is 0.920 bits per heavy atom. The SMILES string of the molecule is CCCc1ccc(OCCNC(=O)COc2ccc(OC)cc2)cc1. The van der Waals surface area contributed by atoms with Crippen molar-refractivity contribution in [3.63, 3.8) is 0 Å². The summed E-state index contributed by atoms with van der Waals surface area (Å²) in [6, 6.07) is 15.1. The van der Waals surface area contributed by atoms with E-state index in [9.17, 15) is 4.79 Å². The minimum Gasteiger partial charge on any atom is -0.497 e. The van der Waals surface area contributed by atoms with Crippen LogP contribution in [0.5, 0.6) is 17.2 Å². The van der Waals surface area contributed by atoms with E-state index >= 15 is 0 Å². The molecule has 0 bridgehead atoms. The zero-order valence-corrected chi connectivity index (χ0v) is 14.8. The van der Waals surface area contributed by atoms with Crippen LogP contribution in [0.15, 0.2) is 48.5 Å². The molecule has 134 valence electrons. The first kappa shape index (κ1) is 18.6. The van der Waals surface area contributed by atoms with Gasteiger partial charge in [-0.25, -0.2) is 0 Å². The van der Waals surface area contributed by atoms with E-state index in [1.807, 2.05) is 12.1 Å². The molecule has 0 spiro atoms. The Morgan fingerprint density at radius 3 is 2.16 bits per heavy atom. The standard InChI is InChI=1S/C20H25NO4/c1-3-4-16-5-7-18(8-6-16)24-14-13-21-20(22)15-25-19-11-9-17(23-2)10-12-19/h5-12H,3-4,13-15H2,1-2H3,(H,21,22). The van der Waals surface area contributed by atoms with E-state index in [0.29, 0.717) is 18.9 Å². The summed E-state index contributed by atoms with van der Waals surface area (Å²) in [5.74, 6) is 2.00. The smallest absolute Gasteiger partial charge is 0.258 e. The molecule has 0 radical (unpaired) electrons. The molecule has 0 heterocycles. The number of hydrogen-bond donors (Lipinski definition) is 1. The van der Waals surface area contributed by atoms with E-state index in [4.69, 9.17) is 14.2 Å². The molecule has 1 amide bonds. The van der Waals surface area contributed by atoms with Crippen molar-refractivity contribution in [2.24, 2.45) is 0 Å². The van der Waals surface area contributed by atoms with Gasteiger partial charge in [0.15, 0.2) is 6.61 Å². The molecule has 0 atom stereocenters. The van der Waals surface area contributed by atoms with Crippen LogP contribution in [-0.4, -0.2) is 32.8 Å². The molecule has 2 aromatic carbocycles. The predicted molar refractivity (Wildman–Crippen MR) is 97.4 cm³/mol. The molecule has 5 nitrogen and oxygen atoms in total. The Balaban J connectivity index is 1.61. The van der Waals surface area contributed by atoms with E-state index in [1.54, 1.807) is 31.4 Å². The fourth-order valence-corrected chi connectivity index (χ4v) is 2.27. The lowest BCUT2D eigenvalue weighted by Crippen LogP contribution is -2.32. The van der Waals surface area contributed by atoms with Crippen molar-refractivity contribution in [3.8, 4) is 17.2 Å². The van der Waals surface area contributed by atoms with Gasteiger partial charge < -0.3 is 19.5 Å². The number of carbonyl (C=O) groups excluding carboxylic acids is 1. The number of nitrogens with one attached hydrogen (secondary N) is 1. The predicted octanol–water partition coefficient (Wildman–Crippen LogP) is 3.22. The first-order valence-electron chi connectivity index (χ1n) is 8.46. The third-order valence-corrected chi connectivity index (χ3v) is 3.58. The Kier molecular flexibility index (Phi) is 7.63. The van der Waals surface area contributed by atoms with Crippen molar-refractivity contribution < 1.29 is 19.0 Å². The number of benzene rings is 2. The van der Waals surface area contributed by atoms with Crippen molar-refractivity contribution in [1.82, 2.24) is 5.32 Å². The normalized spacial score (nSPS) is 10.2. The van der Waals surface area contributed by atoms with Crippen LogP contribution in [0, 0.1) is 0 Å². The fraction of sp³-hybridized carbons (Fsp3) is 0.350. The van der Waals surface area contributed by atoms with Crippen LogP contribution in [-0.2, 0) is 11.2 Å². The van der Waals surface area contributed by atoms with Gasteiger partial charge in [-0.2, -0.15) is 0 Å².